The minimum atomic E-state index is -0.245. The van der Waals surface area contributed by atoms with Crippen molar-refractivity contribution in [3.8, 4) is 0 Å². The van der Waals surface area contributed by atoms with E-state index >= 15 is 0 Å². The third kappa shape index (κ3) is 3.00. The molecule has 122 valence electrons. The Hall–Kier alpha value is -2.06. The van der Waals surface area contributed by atoms with Gasteiger partial charge in [-0.15, -0.1) is 0 Å². The number of hydrogen-bond donors (Lipinski definition) is 2. The van der Waals surface area contributed by atoms with Crippen molar-refractivity contribution in [1.29, 1.82) is 0 Å². The summed E-state index contributed by atoms with van der Waals surface area (Å²) >= 11 is 0. The molecule has 0 fully saturated rings. The zero-order valence-electron chi connectivity index (χ0n) is 13.1. The maximum absolute atomic E-state index is 13.0. The monoisotopic (exact) mass is 465 g/mol. The van der Waals surface area contributed by atoms with Gasteiger partial charge < -0.3 is 15.8 Å². The average Bonchev–Trinajstić information content (AvgIpc) is 2.62. The van der Waals surface area contributed by atoms with Crippen molar-refractivity contribution in [2.24, 2.45) is 0 Å². The summed E-state index contributed by atoms with van der Waals surface area (Å²) in [7, 11) is 0. The zero-order valence-corrected chi connectivity index (χ0v) is 15.7. The van der Waals surface area contributed by atoms with Crippen molar-refractivity contribution in [3.05, 3.63) is 89.0 Å². The van der Waals surface area contributed by atoms with Crippen LogP contribution in [0.25, 0.3) is 0 Å². The van der Waals surface area contributed by atoms with Crippen LogP contribution in [-0.4, -0.2) is 11.6 Å². The molecule has 0 unspecified atom stereocenters. The number of rotatable bonds is 2. The molecule has 4 nitrogen and oxygen atoms in total. The van der Waals surface area contributed by atoms with Crippen LogP contribution in [-0.2, 0) is 0 Å². The van der Waals surface area contributed by atoms with Crippen molar-refractivity contribution in [1.82, 2.24) is 0 Å². The number of nitrogen functional groups attached to an aromatic ring is 1. The van der Waals surface area contributed by atoms with E-state index in [4.69, 9.17) is 5.73 Å². The summed E-state index contributed by atoms with van der Waals surface area (Å²) in [6, 6.07) is 20.7. The van der Waals surface area contributed by atoms with Gasteiger partial charge in [0.25, 0.3) is 0 Å². The fraction of sp³-hybridized carbons (Fsp3) is 0. The summed E-state index contributed by atoms with van der Waals surface area (Å²) in [6.45, 7) is 0. The Morgan fingerprint density at radius 1 is 0.800 bits per heavy atom. The fourth-order valence-corrected chi connectivity index (χ4v) is 2.96. The minimum absolute atomic E-state index is 0. The van der Waals surface area contributed by atoms with Gasteiger partial charge in [-0.3, -0.25) is 4.79 Å². The van der Waals surface area contributed by atoms with Crippen molar-refractivity contribution >= 4 is 28.6 Å². The molecule has 0 radical (unpaired) electrons. The Labute approximate surface area is 177 Å². The van der Waals surface area contributed by atoms with Crippen LogP contribution in [0.2, 0.25) is 0 Å². The van der Waals surface area contributed by atoms with Crippen LogP contribution >= 0.6 is 0 Å². The summed E-state index contributed by atoms with van der Waals surface area (Å²) in [5, 5.41) is 3.18. The molecule has 0 heterocycles. The van der Waals surface area contributed by atoms with Gasteiger partial charge in [0.2, 0.25) is 0 Å². The molecule has 1 aliphatic carbocycles. The Balaban J connectivity index is 0.00000182. The van der Waals surface area contributed by atoms with Gasteiger partial charge >= 0.3 is 0 Å². The van der Waals surface area contributed by atoms with Crippen LogP contribution in [0.15, 0.2) is 60.7 Å². The van der Waals surface area contributed by atoms with Crippen LogP contribution in [0.3, 0.4) is 0 Å². The molecule has 5 heteroatoms. The van der Waals surface area contributed by atoms with Crippen molar-refractivity contribution in [2.75, 3.05) is 11.1 Å². The summed E-state index contributed by atoms with van der Waals surface area (Å²) in [5.41, 5.74) is 8.80. The molecular formula is C20H13N2O2Sm-. The predicted molar refractivity (Wildman–Crippen MR) is 92.7 cm³/mol. The second kappa shape index (κ2) is 7.05. The van der Waals surface area contributed by atoms with E-state index in [0.717, 1.165) is 5.69 Å². The van der Waals surface area contributed by atoms with Gasteiger partial charge in [-0.25, -0.2) is 0 Å². The molecule has 0 atom stereocenters. The first-order valence-electron chi connectivity index (χ1n) is 7.51. The van der Waals surface area contributed by atoms with Gasteiger partial charge in [-0.1, -0.05) is 65.0 Å². The number of fused-ring (bicyclic) bond motifs is 2. The van der Waals surface area contributed by atoms with E-state index < -0.39 is 0 Å². The number of benzene rings is 3. The molecule has 0 saturated carbocycles. The molecule has 4 rings (SSSR count). The van der Waals surface area contributed by atoms with Crippen molar-refractivity contribution < 1.29 is 50.0 Å². The molecule has 3 aromatic carbocycles. The average molecular weight is 464 g/mol. The van der Waals surface area contributed by atoms with Crippen LogP contribution in [0.5, 0.6) is 0 Å². The van der Waals surface area contributed by atoms with Gasteiger partial charge in [0.05, 0.1) is 0 Å². The summed E-state index contributed by atoms with van der Waals surface area (Å²) in [6.07, 6.45) is 0. The molecule has 0 saturated heterocycles. The van der Waals surface area contributed by atoms with E-state index in [1.807, 2.05) is 30.3 Å². The van der Waals surface area contributed by atoms with Crippen LogP contribution in [0.4, 0.5) is 17.1 Å². The molecule has 0 bridgehead atoms. The van der Waals surface area contributed by atoms with E-state index in [-0.39, 0.29) is 63.2 Å². The van der Waals surface area contributed by atoms with Crippen LogP contribution in [0.1, 0.15) is 31.8 Å². The second-order valence-electron chi connectivity index (χ2n) is 5.56. The summed E-state index contributed by atoms with van der Waals surface area (Å²) in [4.78, 5) is 25.8. The number of nitrogens with one attached hydrogen (secondary N) is 1. The third-order valence-corrected chi connectivity index (χ3v) is 4.08. The van der Waals surface area contributed by atoms with Crippen molar-refractivity contribution in [3.63, 3.8) is 0 Å². The molecular weight excluding hydrogens is 451 g/mol. The first-order chi connectivity index (χ1) is 11.7. The first-order valence-corrected chi connectivity index (χ1v) is 7.51. The van der Waals surface area contributed by atoms with E-state index in [9.17, 15) is 9.59 Å². The van der Waals surface area contributed by atoms with Gasteiger partial charge in [0, 0.05) is 57.2 Å². The number of carbonyl (C=O) groups is 2. The Kier molecular flexibility index (Phi) is 5.00. The Bertz CT molecular complexity index is 984. The van der Waals surface area contributed by atoms with E-state index in [2.05, 4.69) is 11.4 Å². The van der Waals surface area contributed by atoms with Gasteiger partial charge in [-0.2, -0.15) is 12.1 Å². The molecule has 0 aliphatic heterocycles. The van der Waals surface area contributed by atoms with Gasteiger partial charge in [0.15, 0.2) is 5.78 Å². The standard InChI is InChI=1S/C20H13N2O2.Sm/c21-15-10-11-16(22-12-6-2-1-3-7-12)18-17(15)19(23)13-8-4-5-9-14(13)20(18)24;/h1-9,11,22H,21H2;/q-1;. The quantitative estimate of drug-likeness (QED) is 0.352. The Morgan fingerprint density at radius 2 is 1.36 bits per heavy atom. The van der Waals surface area contributed by atoms with Crippen molar-refractivity contribution in [2.45, 2.75) is 0 Å². The Morgan fingerprint density at radius 3 is 2.00 bits per heavy atom. The number of carbonyl (C=O) groups excluding carboxylic acids is 2. The normalized spacial score (nSPS) is 12.0. The molecule has 0 amide bonds. The minimum Gasteiger partial charge on any atom is -0.419 e. The van der Waals surface area contributed by atoms with Gasteiger partial charge in [0.1, 0.15) is 5.78 Å². The van der Waals surface area contributed by atoms with E-state index in [0.29, 0.717) is 22.4 Å². The number of para-hydroxylation sites is 1. The number of ketones is 2. The van der Waals surface area contributed by atoms with Crippen LogP contribution in [0, 0.1) is 46.5 Å². The number of hydrogen-bond acceptors (Lipinski definition) is 4. The SMILES string of the molecule is Nc1[c-]cc(Nc2ccccc2)c2c1C(=O)c1ccccc1C2=O.[Sm]. The fourth-order valence-electron chi connectivity index (χ4n) is 2.96. The molecule has 25 heavy (non-hydrogen) atoms. The van der Waals surface area contributed by atoms with Gasteiger partial charge in [-0.05, 0) is 12.1 Å². The van der Waals surface area contributed by atoms with E-state index in [1.165, 1.54) is 0 Å². The predicted octanol–water partition coefficient (Wildman–Crippen LogP) is 3.59. The third-order valence-electron chi connectivity index (χ3n) is 4.08. The maximum Gasteiger partial charge on any atom is 0.172 e. The molecule has 0 spiro atoms. The maximum atomic E-state index is 13.0. The first kappa shape index (κ1) is 17.8. The molecule has 1 aliphatic rings. The van der Waals surface area contributed by atoms with Crippen LogP contribution < -0.4 is 11.1 Å². The molecule has 3 N–H and O–H groups in total. The smallest absolute Gasteiger partial charge is 0.172 e. The van der Waals surface area contributed by atoms with E-state index in [1.54, 1.807) is 30.3 Å². The summed E-state index contributed by atoms with van der Waals surface area (Å²) in [5.74, 6) is -0.454. The largest absolute Gasteiger partial charge is 0.419 e. The topological polar surface area (TPSA) is 72.2 Å². The summed E-state index contributed by atoms with van der Waals surface area (Å²) < 4.78 is 0. The molecule has 3 aromatic rings. The number of nitrogens with two attached hydrogens (primary N) is 1. The second-order valence-corrected chi connectivity index (χ2v) is 5.56. The number of anilines is 3. The zero-order chi connectivity index (χ0) is 16.7. The molecule has 0 aromatic heterocycles.